The van der Waals surface area contributed by atoms with Crippen molar-refractivity contribution in [1.29, 1.82) is 0 Å². The molecule has 18 heavy (non-hydrogen) atoms. The molecule has 1 aromatic carbocycles. The van der Waals surface area contributed by atoms with E-state index in [2.05, 4.69) is 35.3 Å². The third kappa shape index (κ3) is 2.93. The van der Waals surface area contributed by atoms with E-state index in [1.165, 1.54) is 0 Å². The maximum atomic E-state index is 4.65. The van der Waals surface area contributed by atoms with Crippen LogP contribution in [0.3, 0.4) is 0 Å². The molecule has 0 bridgehead atoms. The van der Waals surface area contributed by atoms with Crippen LogP contribution in [0.1, 0.15) is 5.69 Å². The molecule has 0 spiro atoms. The van der Waals surface area contributed by atoms with E-state index < -0.39 is 0 Å². The van der Waals surface area contributed by atoms with E-state index >= 15 is 0 Å². The van der Waals surface area contributed by atoms with E-state index in [-0.39, 0.29) is 0 Å². The summed E-state index contributed by atoms with van der Waals surface area (Å²) in [5.74, 6) is 0.856. The van der Waals surface area contributed by atoms with Gasteiger partial charge in [-0.3, -0.25) is 0 Å². The monoisotopic (exact) mass is 256 g/mol. The number of aromatic nitrogens is 2. The summed E-state index contributed by atoms with van der Waals surface area (Å²) in [6.07, 6.45) is 4.57. The largest absolute Gasteiger partial charge is 0.336 e. The molecule has 0 aliphatic heterocycles. The number of hydrogen-bond donors (Lipinski definition) is 1. The maximum absolute atomic E-state index is 4.65. The number of rotatable bonds is 6. The van der Waals surface area contributed by atoms with E-state index in [1.54, 1.807) is 11.8 Å². The molecule has 2 rings (SSSR count). The highest BCUT2D eigenvalue weighted by Crippen LogP contribution is 2.26. The second kappa shape index (κ2) is 6.26. The zero-order chi connectivity index (χ0) is 12.8. The molecule has 0 saturated carbocycles. The van der Waals surface area contributed by atoms with E-state index in [1.807, 2.05) is 30.4 Å². The maximum Gasteiger partial charge on any atom is 0.166 e. The van der Waals surface area contributed by atoms with Gasteiger partial charge in [-0.1, -0.05) is 54.2 Å². The smallest absolute Gasteiger partial charge is 0.166 e. The predicted octanol–water partition coefficient (Wildman–Crippen LogP) is 4.08. The molecular formula is C15H16N2S. The van der Waals surface area contributed by atoms with Crippen molar-refractivity contribution >= 4 is 11.8 Å². The summed E-state index contributed by atoms with van der Waals surface area (Å²) in [6, 6.07) is 10.2. The average Bonchev–Trinajstić information content (AvgIpc) is 2.81. The van der Waals surface area contributed by atoms with Crippen LogP contribution in [0.2, 0.25) is 0 Å². The summed E-state index contributed by atoms with van der Waals surface area (Å²) in [4.78, 5) is 8.00. The van der Waals surface area contributed by atoms with Gasteiger partial charge in [0.05, 0.1) is 5.69 Å². The molecule has 2 aromatic rings. The minimum Gasteiger partial charge on any atom is -0.336 e. The summed E-state index contributed by atoms with van der Waals surface area (Å²) >= 11 is 1.66. The Bertz CT molecular complexity index is 529. The standard InChI is InChI=1S/C15H16N2S/c1-3-8-13-14(12-9-6-5-7-10-12)17-15(16-13)18-11-4-2/h3-7,9-10H,1-2,8,11H2,(H,16,17). The number of benzene rings is 1. The van der Waals surface area contributed by atoms with Gasteiger partial charge >= 0.3 is 0 Å². The summed E-state index contributed by atoms with van der Waals surface area (Å²) in [5.41, 5.74) is 3.26. The molecule has 1 N–H and O–H groups in total. The van der Waals surface area contributed by atoms with Gasteiger partial charge in [-0.25, -0.2) is 4.98 Å². The van der Waals surface area contributed by atoms with Crippen molar-refractivity contribution in [2.24, 2.45) is 0 Å². The molecule has 92 valence electrons. The van der Waals surface area contributed by atoms with Crippen LogP contribution in [0.5, 0.6) is 0 Å². The van der Waals surface area contributed by atoms with Crippen LogP contribution < -0.4 is 0 Å². The molecule has 2 nitrogen and oxygen atoms in total. The summed E-state index contributed by atoms with van der Waals surface area (Å²) in [5, 5.41) is 0.936. The fourth-order valence-electron chi connectivity index (χ4n) is 1.72. The summed E-state index contributed by atoms with van der Waals surface area (Å²) in [7, 11) is 0. The van der Waals surface area contributed by atoms with Gasteiger partial charge in [0, 0.05) is 23.4 Å². The van der Waals surface area contributed by atoms with Crippen LogP contribution in [0, 0.1) is 0 Å². The van der Waals surface area contributed by atoms with Gasteiger partial charge in [-0.2, -0.15) is 0 Å². The van der Waals surface area contributed by atoms with Crippen molar-refractivity contribution in [2.75, 3.05) is 5.75 Å². The molecular weight excluding hydrogens is 240 g/mol. The molecule has 0 unspecified atom stereocenters. The van der Waals surface area contributed by atoms with Crippen LogP contribution >= 0.6 is 11.8 Å². The number of allylic oxidation sites excluding steroid dienone is 1. The number of imidazole rings is 1. The topological polar surface area (TPSA) is 28.7 Å². The average molecular weight is 256 g/mol. The lowest BCUT2D eigenvalue weighted by atomic mass is 10.1. The highest BCUT2D eigenvalue weighted by Gasteiger charge is 2.10. The summed E-state index contributed by atoms with van der Waals surface area (Å²) in [6.45, 7) is 7.51. The van der Waals surface area contributed by atoms with Crippen LogP contribution in [0.15, 0.2) is 60.8 Å². The molecule has 3 heteroatoms. The van der Waals surface area contributed by atoms with Gasteiger partial charge in [0.1, 0.15) is 0 Å². The van der Waals surface area contributed by atoms with E-state index in [4.69, 9.17) is 0 Å². The number of nitrogens with zero attached hydrogens (tertiary/aromatic N) is 1. The summed E-state index contributed by atoms with van der Waals surface area (Å²) < 4.78 is 0. The van der Waals surface area contributed by atoms with Gasteiger partial charge in [0.25, 0.3) is 0 Å². The normalized spacial score (nSPS) is 10.2. The Labute approximate surface area is 112 Å². The molecule has 1 aromatic heterocycles. The first-order valence-electron chi connectivity index (χ1n) is 5.84. The lowest BCUT2D eigenvalue weighted by Crippen LogP contribution is -1.86. The quantitative estimate of drug-likeness (QED) is 0.623. The van der Waals surface area contributed by atoms with Crippen molar-refractivity contribution in [3.05, 3.63) is 61.3 Å². The van der Waals surface area contributed by atoms with Crippen molar-refractivity contribution in [2.45, 2.75) is 11.6 Å². The molecule has 0 amide bonds. The Hall–Kier alpha value is -1.74. The Morgan fingerprint density at radius 3 is 2.61 bits per heavy atom. The lowest BCUT2D eigenvalue weighted by Gasteiger charge is -1.99. The number of nitrogens with one attached hydrogen (secondary N) is 1. The highest BCUT2D eigenvalue weighted by molar-refractivity contribution is 7.99. The highest BCUT2D eigenvalue weighted by atomic mass is 32.2. The van der Waals surface area contributed by atoms with Crippen LogP contribution in [0.4, 0.5) is 0 Å². The van der Waals surface area contributed by atoms with E-state index in [9.17, 15) is 0 Å². The molecule has 0 aliphatic rings. The fourth-order valence-corrected chi connectivity index (χ4v) is 2.35. The first-order chi connectivity index (χ1) is 8.85. The SMILES string of the molecule is C=CCSc1nc(-c2ccccc2)c(CC=C)[nH]1. The second-order valence-corrected chi connectivity index (χ2v) is 4.84. The third-order valence-corrected chi connectivity index (χ3v) is 3.36. The van der Waals surface area contributed by atoms with Gasteiger partial charge in [0.2, 0.25) is 0 Å². The molecule has 0 saturated heterocycles. The number of hydrogen-bond acceptors (Lipinski definition) is 2. The van der Waals surface area contributed by atoms with Crippen molar-refractivity contribution in [1.82, 2.24) is 9.97 Å². The Morgan fingerprint density at radius 2 is 1.94 bits per heavy atom. The van der Waals surface area contributed by atoms with E-state index in [0.29, 0.717) is 0 Å². The van der Waals surface area contributed by atoms with Gasteiger partial charge < -0.3 is 4.98 Å². The van der Waals surface area contributed by atoms with Gasteiger partial charge in [-0.05, 0) is 0 Å². The zero-order valence-corrected chi connectivity index (χ0v) is 11.0. The van der Waals surface area contributed by atoms with Crippen LogP contribution in [0.25, 0.3) is 11.3 Å². The van der Waals surface area contributed by atoms with Crippen LogP contribution in [-0.2, 0) is 6.42 Å². The molecule has 0 atom stereocenters. The zero-order valence-electron chi connectivity index (χ0n) is 10.2. The van der Waals surface area contributed by atoms with Crippen LogP contribution in [-0.4, -0.2) is 15.7 Å². The number of aromatic amines is 1. The Morgan fingerprint density at radius 1 is 1.17 bits per heavy atom. The third-order valence-electron chi connectivity index (χ3n) is 2.49. The minimum atomic E-state index is 0.797. The van der Waals surface area contributed by atoms with Gasteiger partial charge in [0.15, 0.2) is 5.16 Å². The van der Waals surface area contributed by atoms with Crippen molar-refractivity contribution in [3.8, 4) is 11.3 Å². The first kappa shape index (κ1) is 12.7. The van der Waals surface area contributed by atoms with Gasteiger partial charge in [-0.15, -0.1) is 13.2 Å². The second-order valence-electron chi connectivity index (χ2n) is 3.83. The number of H-pyrrole nitrogens is 1. The Balaban J connectivity index is 2.35. The predicted molar refractivity (Wildman–Crippen MR) is 78.8 cm³/mol. The van der Waals surface area contributed by atoms with Crippen molar-refractivity contribution in [3.63, 3.8) is 0 Å². The Kier molecular flexibility index (Phi) is 4.42. The minimum absolute atomic E-state index is 0.797. The molecule has 0 fully saturated rings. The molecule has 0 aliphatic carbocycles. The van der Waals surface area contributed by atoms with Crippen molar-refractivity contribution < 1.29 is 0 Å². The van der Waals surface area contributed by atoms with E-state index in [0.717, 1.165) is 34.3 Å². The number of thioether (sulfide) groups is 1. The molecule has 1 heterocycles. The first-order valence-corrected chi connectivity index (χ1v) is 6.82. The fraction of sp³-hybridized carbons (Fsp3) is 0.133. The molecule has 0 radical (unpaired) electrons. The lowest BCUT2D eigenvalue weighted by molar-refractivity contribution is 1.03.